The third-order valence-electron chi connectivity index (χ3n) is 3.78. The molecule has 2 unspecified atom stereocenters. The van der Waals surface area contributed by atoms with Crippen LogP contribution in [-0.2, 0) is 0 Å². The fourth-order valence-corrected chi connectivity index (χ4v) is 3.69. The van der Waals surface area contributed by atoms with Crippen LogP contribution in [0.4, 0.5) is 0 Å². The summed E-state index contributed by atoms with van der Waals surface area (Å²) in [5.41, 5.74) is 7.69. The van der Waals surface area contributed by atoms with E-state index in [2.05, 4.69) is 30.2 Å². The van der Waals surface area contributed by atoms with Crippen molar-refractivity contribution < 1.29 is 5.11 Å². The first-order valence-corrected chi connectivity index (χ1v) is 7.73. The van der Waals surface area contributed by atoms with E-state index in [1.54, 1.807) is 11.3 Å². The molecule has 2 rings (SSSR count). The average molecular weight is 268 g/mol. The second-order valence-corrected chi connectivity index (χ2v) is 6.13. The van der Waals surface area contributed by atoms with Gasteiger partial charge in [0, 0.05) is 23.5 Å². The number of hydrogen-bond acceptors (Lipinski definition) is 4. The van der Waals surface area contributed by atoms with Crippen molar-refractivity contribution in [3.63, 3.8) is 0 Å². The molecule has 1 aromatic rings. The SMILES string of the molecule is CCC(N)C(c1sccc1C)N(CCO)C1CC1. The van der Waals surface area contributed by atoms with Crippen LogP contribution in [0.1, 0.15) is 42.7 Å². The molecule has 0 saturated heterocycles. The summed E-state index contributed by atoms with van der Waals surface area (Å²) in [7, 11) is 0. The summed E-state index contributed by atoms with van der Waals surface area (Å²) in [5.74, 6) is 0. The number of aliphatic hydroxyl groups excluding tert-OH is 1. The van der Waals surface area contributed by atoms with Crippen molar-refractivity contribution in [2.24, 2.45) is 5.73 Å². The first kappa shape index (κ1) is 14.0. The van der Waals surface area contributed by atoms with Gasteiger partial charge in [-0.15, -0.1) is 11.3 Å². The monoisotopic (exact) mass is 268 g/mol. The summed E-state index contributed by atoms with van der Waals surface area (Å²) in [6.07, 6.45) is 3.46. The van der Waals surface area contributed by atoms with Crippen molar-refractivity contribution in [3.05, 3.63) is 21.9 Å². The quantitative estimate of drug-likeness (QED) is 0.798. The normalized spacial score (nSPS) is 19.2. The van der Waals surface area contributed by atoms with E-state index in [0.29, 0.717) is 6.04 Å². The molecule has 1 aromatic heterocycles. The molecule has 0 radical (unpaired) electrons. The maximum atomic E-state index is 9.30. The Morgan fingerprint density at radius 2 is 2.28 bits per heavy atom. The van der Waals surface area contributed by atoms with E-state index in [1.807, 2.05) is 0 Å². The van der Waals surface area contributed by atoms with Gasteiger partial charge >= 0.3 is 0 Å². The van der Waals surface area contributed by atoms with Crippen LogP contribution < -0.4 is 5.73 Å². The molecule has 3 nitrogen and oxygen atoms in total. The van der Waals surface area contributed by atoms with E-state index < -0.39 is 0 Å². The summed E-state index contributed by atoms with van der Waals surface area (Å²) >= 11 is 1.80. The van der Waals surface area contributed by atoms with E-state index in [1.165, 1.54) is 23.3 Å². The second-order valence-electron chi connectivity index (χ2n) is 5.18. The molecular formula is C14H24N2OS. The van der Waals surface area contributed by atoms with E-state index in [-0.39, 0.29) is 18.7 Å². The molecule has 0 spiro atoms. The minimum Gasteiger partial charge on any atom is -0.395 e. The predicted molar refractivity (Wildman–Crippen MR) is 76.9 cm³/mol. The first-order valence-electron chi connectivity index (χ1n) is 6.85. The molecule has 1 fully saturated rings. The third-order valence-corrected chi connectivity index (χ3v) is 4.87. The Bertz CT molecular complexity index is 376. The van der Waals surface area contributed by atoms with Gasteiger partial charge in [0.2, 0.25) is 0 Å². The van der Waals surface area contributed by atoms with Crippen LogP contribution >= 0.6 is 11.3 Å². The van der Waals surface area contributed by atoms with Crippen molar-refractivity contribution in [1.29, 1.82) is 0 Å². The Hall–Kier alpha value is -0.420. The summed E-state index contributed by atoms with van der Waals surface area (Å²) < 4.78 is 0. The van der Waals surface area contributed by atoms with Gasteiger partial charge in [-0.3, -0.25) is 4.90 Å². The zero-order valence-electron chi connectivity index (χ0n) is 11.3. The molecular weight excluding hydrogens is 244 g/mol. The van der Waals surface area contributed by atoms with Crippen LogP contribution in [0.2, 0.25) is 0 Å². The Morgan fingerprint density at radius 1 is 1.56 bits per heavy atom. The van der Waals surface area contributed by atoms with Gasteiger partial charge in [0.05, 0.1) is 12.6 Å². The Balaban J connectivity index is 2.25. The van der Waals surface area contributed by atoms with Crippen LogP contribution in [0.3, 0.4) is 0 Å². The van der Waals surface area contributed by atoms with Crippen molar-refractivity contribution in [2.75, 3.05) is 13.2 Å². The number of aliphatic hydroxyl groups is 1. The fourth-order valence-electron chi connectivity index (χ4n) is 2.57. The lowest BCUT2D eigenvalue weighted by molar-refractivity contribution is 0.126. The lowest BCUT2D eigenvalue weighted by atomic mass is 10.0. The highest BCUT2D eigenvalue weighted by Crippen LogP contribution is 2.38. The van der Waals surface area contributed by atoms with Crippen LogP contribution in [-0.4, -0.2) is 35.2 Å². The first-order chi connectivity index (χ1) is 8.69. The summed E-state index contributed by atoms with van der Waals surface area (Å²) in [5, 5.41) is 11.4. The Labute approximate surface area is 114 Å². The van der Waals surface area contributed by atoms with Gasteiger partial charge in [0.1, 0.15) is 0 Å². The zero-order valence-corrected chi connectivity index (χ0v) is 12.1. The van der Waals surface area contributed by atoms with Crippen molar-refractivity contribution in [1.82, 2.24) is 4.90 Å². The largest absolute Gasteiger partial charge is 0.395 e. The highest BCUT2D eigenvalue weighted by molar-refractivity contribution is 7.10. The fraction of sp³-hybridized carbons (Fsp3) is 0.714. The van der Waals surface area contributed by atoms with Gasteiger partial charge in [0.15, 0.2) is 0 Å². The maximum absolute atomic E-state index is 9.30. The molecule has 0 aliphatic heterocycles. The van der Waals surface area contributed by atoms with Gasteiger partial charge in [-0.2, -0.15) is 0 Å². The molecule has 18 heavy (non-hydrogen) atoms. The van der Waals surface area contributed by atoms with Gasteiger partial charge in [-0.25, -0.2) is 0 Å². The number of thiophene rings is 1. The lowest BCUT2D eigenvalue weighted by Crippen LogP contribution is -2.43. The van der Waals surface area contributed by atoms with E-state index >= 15 is 0 Å². The third kappa shape index (κ3) is 2.94. The number of aryl methyl sites for hydroxylation is 1. The molecule has 1 aliphatic carbocycles. The molecule has 0 bridgehead atoms. The molecule has 1 aliphatic rings. The molecule has 102 valence electrons. The van der Waals surface area contributed by atoms with Crippen LogP contribution in [0.5, 0.6) is 0 Å². The number of hydrogen-bond donors (Lipinski definition) is 2. The standard InChI is InChI=1S/C14H24N2OS/c1-3-12(15)13(14-10(2)6-9-18-14)16(7-8-17)11-4-5-11/h6,9,11-13,17H,3-5,7-8,15H2,1-2H3. The Morgan fingerprint density at radius 3 is 2.72 bits per heavy atom. The predicted octanol–water partition coefficient (Wildman–Crippen LogP) is 2.29. The van der Waals surface area contributed by atoms with Gasteiger partial charge < -0.3 is 10.8 Å². The number of rotatable bonds is 7. The highest BCUT2D eigenvalue weighted by atomic mass is 32.1. The van der Waals surface area contributed by atoms with Crippen LogP contribution in [0, 0.1) is 6.92 Å². The molecule has 2 atom stereocenters. The lowest BCUT2D eigenvalue weighted by Gasteiger charge is -2.35. The molecule has 4 heteroatoms. The van der Waals surface area contributed by atoms with Gasteiger partial charge in [0.25, 0.3) is 0 Å². The van der Waals surface area contributed by atoms with E-state index in [4.69, 9.17) is 5.73 Å². The molecule has 1 saturated carbocycles. The smallest absolute Gasteiger partial charge is 0.0599 e. The highest BCUT2D eigenvalue weighted by Gasteiger charge is 2.37. The average Bonchev–Trinajstić information content (AvgIpc) is 3.13. The summed E-state index contributed by atoms with van der Waals surface area (Å²) in [6, 6.07) is 3.21. The zero-order chi connectivity index (χ0) is 13.1. The molecule has 0 aromatic carbocycles. The number of nitrogens with zero attached hydrogens (tertiary/aromatic N) is 1. The molecule has 0 amide bonds. The van der Waals surface area contributed by atoms with E-state index in [0.717, 1.165) is 13.0 Å². The van der Waals surface area contributed by atoms with Gasteiger partial charge in [-0.05, 0) is 43.2 Å². The van der Waals surface area contributed by atoms with Crippen molar-refractivity contribution in [2.45, 2.75) is 51.2 Å². The summed E-state index contributed by atoms with van der Waals surface area (Å²) in [6.45, 7) is 5.25. The molecule has 1 heterocycles. The summed E-state index contributed by atoms with van der Waals surface area (Å²) in [4.78, 5) is 3.80. The topological polar surface area (TPSA) is 49.5 Å². The Kier molecular flexibility index (Phi) is 4.78. The second kappa shape index (κ2) is 6.15. The number of nitrogens with two attached hydrogens (primary N) is 1. The van der Waals surface area contributed by atoms with Crippen LogP contribution in [0.15, 0.2) is 11.4 Å². The van der Waals surface area contributed by atoms with Crippen molar-refractivity contribution >= 4 is 11.3 Å². The minimum atomic E-state index is 0.148. The van der Waals surface area contributed by atoms with Crippen molar-refractivity contribution in [3.8, 4) is 0 Å². The van der Waals surface area contributed by atoms with Gasteiger partial charge in [-0.1, -0.05) is 6.92 Å². The molecule has 3 N–H and O–H groups in total. The maximum Gasteiger partial charge on any atom is 0.0599 e. The minimum absolute atomic E-state index is 0.148. The van der Waals surface area contributed by atoms with Crippen LogP contribution in [0.25, 0.3) is 0 Å². The van der Waals surface area contributed by atoms with E-state index in [9.17, 15) is 5.11 Å².